The van der Waals surface area contributed by atoms with E-state index >= 15 is 0 Å². The number of carbonyl (C=O) groups excluding carboxylic acids is 1. The number of anilines is 1. The van der Waals surface area contributed by atoms with Crippen molar-refractivity contribution in [2.75, 3.05) is 24.7 Å². The Labute approximate surface area is 170 Å². The summed E-state index contributed by atoms with van der Waals surface area (Å²) in [6.07, 6.45) is 5.53. The first kappa shape index (κ1) is 22.1. The van der Waals surface area contributed by atoms with Crippen LogP contribution >= 0.6 is 0 Å². The minimum absolute atomic E-state index is 0.0322. The molecule has 0 N–H and O–H groups in total. The third-order valence-corrected chi connectivity index (χ3v) is 6.35. The SMILES string of the molecule is CCCCOCC1CCC([C@H]2CCCN2c2ncc(C(F)(F)F)cc2C=O)CC1. The van der Waals surface area contributed by atoms with Gasteiger partial charge in [-0.25, -0.2) is 4.98 Å². The summed E-state index contributed by atoms with van der Waals surface area (Å²) in [6.45, 7) is 4.56. The van der Waals surface area contributed by atoms with Gasteiger partial charge >= 0.3 is 6.18 Å². The molecule has 1 saturated carbocycles. The van der Waals surface area contributed by atoms with Gasteiger partial charge < -0.3 is 9.64 Å². The minimum Gasteiger partial charge on any atom is -0.381 e. The van der Waals surface area contributed by atoms with E-state index in [0.717, 1.165) is 83.4 Å². The van der Waals surface area contributed by atoms with Crippen molar-refractivity contribution in [3.8, 4) is 0 Å². The van der Waals surface area contributed by atoms with Gasteiger partial charge in [0, 0.05) is 32.0 Å². The molecular formula is C22H31F3N2O2. The zero-order chi connectivity index (χ0) is 20.9. The molecule has 0 aromatic carbocycles. The molecule has 4 nitrogen and oxygen atoms in total. The summed E-state index contributed by atoms with van der Waals surface area (Å²) in [5, 5.41) is 0. The topological polar surface area (TPSA) is 42.4 Å². The number of carbonyl (C=O) groups is 1. The van der Waals surface area contributed by atoms with Gasteiger partial charge in [-0.2, -0.15) is 13.2 Å². The molecule has 1 aromatic heterocycles. The van der Waals surface area contributed by atoms with Crippen molar-refractivity contribution in [1.82, 2.24) is 4.98 Å². The number of ether oxygens (including phenoxy) is 1. The highest BCUT2D eigenvalue weighted by Crippen LogP contribution is 2.39. The maximum atomic E-state index is 13.0. The molecule has 1 aliphatic heterocycles. The zero-order valence-corrected chi connectivity index (χ0v) is 17.1. The first-order valence-corrected chi connectivity index (χ1v) is 10.8. The van der Waals surface area contributed by atoms with Gasteiger partial charge in [0.2, 0.25) is 0 Å². The lowest BCUT2D eigenvalue weighted by Crippen LogP contribution is -2.39. The van der Waals surface area contributed by atoms with Gasteiger partial charge in [0.25, 0.3) is 0 Å². The molecule has 1 saturated heterocycles. The Kier molecular flexibility index (Phi) is 7.55. The molecular weight excluding hydrogens is 381 g/mol. The molecule has 1 aromatic rings. The van der Waals surface area contributed by atoms with E-state index in [1.807, 2.05) is 0 Å². The molecule has 0 radical (unpaired) electrons. The van der Waals surface area contributed by atoms with Crippen LogP contribution in [0.3, 0.4) is 0 Å². The van der Waals surface area contributed by atoms with Crippen LogP contribution in [-0.2, 0) is 10.9 Å². The van der Waals surface area contributed by atoms with Crippen molar-refractivity contribution in [3.05, 3.63) is 23.4 Å². The van der Waals surface area contributed by atoms with Crippen LogP contribution in [0.4, 0.5) is 19.0 Å². The van der Waals surface area contributed by atoms with Crippen molar-refractivity contribution in [1.29, 1.82) is 0 Å². The van der Waals surface area contributed by atoms with Crippen LogP contribution in [0.5, 0.6) is 0 Å². The lowest BCUT2D eigenvalue weighted by atomic mass is 9.78. The third-order valence-electron chi connectivity index (χ3n) is 6.35. The predicted molar refractivity (Wildman–Crippen MR) is 106 cm³/mol. The van der Waals surface area contributed by atoms with Gasteiger partial charge in [-0.15, -0.1) is 0 Å². The van der Waals surface area contributed by atoms with E-state index in [-0.39, 0.29) is 11.6 Å². The first-order chi connectivity index (χ1) is 13.9. The number of aromatic nitrogens is 1. The normalized spacial score (nSPS) is 25.4. The van der Waals surface area contributed by atoms with Crippen LogP contribution in [0.15, 0.2) is 12.3 Å². The molecule has 2 heterocycles. The van der Waals surface area contributed by atoms with Gasteiger partial charge in [-0.1, -0.05) is 13.3 Å². The van der Waals surface area contributed by atoms with Crippen LogP contribution in [0.25, 0.3) is 0 Å². The monoisotopic (exact) mass is 412 g/mol. The molecule has 1 aliphatic carbocycles. The second-order valence-electron chi connectivity index (χ2n) is 8.36. The number of hydrogen-bond acceptors (Lipinski definition) is 4. The number of halogens is 3. The van der Waals surface area contributed by atoms with E-state index in [1.165, 1.54) is 0 Å². The maximum Gasteiger partial charge on any atom is 0.417 e. The van der Waals surface area contributed by atoms with E-state index in [0.29, 0.717) is 23.9 Å². The average molecular weight is 412 g/mol. The van der Waals surface area contributed by atoms with E-state index < -0.39 is 11.7 Å². The van der Waals surface area contributed by atoms with Crippen molar-refractivity contribution in [2.24, 2.45) is 11.8 Å². The van der Waals surface area contributed by atoms with Crippen molar-refractivity contribution in [2.45, 2.75) is 70.5 Å². The Morgan fingerprint density at radius 3 is 2.66 bits per heavy atom. The lowest BCUT2D eigenvalue weighted by molar-refractivity contribution is -0.137. The fourth-order valence-electron chi connectivity index (χ4n) is 4.74. The van der Waals surface area contributed by atoms with Crippen molar-refractivity contribution in [3.63, 3.8) is 0 Å². The smallest absolute Gasteiger partial charge is 0.381 e. The summed E-state index contributed by atoms with van der Waals surface area (Å²) in [4.78, 5) is 17.6. The minimum atomic E-state index is -4.49. The standard InChI is InChI=1S/C22H31F3N2O2/c1-2-3-11-29-15-16-6-8-17(9-7-16)20-5-4-10-27(20)21-18(14-28)12-19(13-26-21)22(23,24)25/h12-14,16-17,20H,2-11,15H2,1H3/t16?,17?,20-/m1/s1. The molecule has 0 amide bonds. The predicted octanol–water partition coefficient (Wildman–Crippen LogP) is 5.50. The Morgan fingerprint density at radius 2 is 2.00 bits per heavy atom. The lowest BCUT2D eigenvalue weighted by Gasteiger charge is -2.37. The Morgan fingerprint density at radius 1 is 1.24 bits per heavy atom. The van der Waals surface area contributed by atoms with Crippen LogP contribution in [0.1, 0.15) is 74.2 Å². The number of aldehydes is 1. The zero-order valence-electron chi connectivity index (χ0n) is 17.1. The summed E-state index contributed by atoms with van der Waals surface area (Å²) < 4.78 is 44.7. The average Bonchev–Trinajstić information content (AvgIpc) is 3.20. The summed E-state index contributed by atoms with van der Waals surface area (Å²) in [7, 11) is 0. The number of nitrogens with zero attached hydrogens (tertiary/aromatic N) is 2. The Balaban J connectivity index is 1.63. The fraction of sp³-hybridized carbons (Fsp3) is 0.727. The molecule has 0 unspecified atom stereocenters. The Hall–Kier alpha value is -1.63. The van der Waals surface area contributed by atoms with Crippen LogP contribution < -0.4 is 4.90 Å². The molecule has 0 spiro atoms. The van der Waals surface area contributed by atoms with Gasteiger partial charge in [-0.05, 0) is 62.8 Å². The number of pyridine rings is 1. The first-order valence-electron chi connectivity index (χ1n) is 10.8. The fourth-order valence-corrected chi connectivity index (χ4v) is 4.74. The number of rotatable bonds is 8. The second kappa shape index (κ2) is 9.92. The molecule has 7 heteroatoms. The third kappa shape index (κ3) is 5.50. The van der Waals surface area contributed by atoms with E-state index in [2.05, 4.69) is 16.8 Å². The number of hydrogen-bond donors (Lipinski definition) is 0. The quantitative estimate of drug-likeness (QED) is 0.417. The van der Waals surface area contributed by atoms with E-state index in [9.17, 15) is 18.0 Å². The van der Waals surface area contributed by atoms with Gasteiger partial charge in [0.05, 0.1) is 11.1 Å². The second-order valence-corrected chi connectivity index (χ2v) is 8.36. The molecule has 29 heavy (non-hydrogen) atoms. The summed E-state index contributed by atoms with van der Waals surface area (Å²) in [5.41, 5.74) is -0.840. The largest absolute Gasteiger partial charge is 0.417 e. The van der Waals surface area contributed by atoms with Gasteiger partial charge in [0.15, 0.2) is 6.29 Å². The van der Waals surface area contributed by atoms with Gasteiger partial charge in [0.1, 0.15) is 5.82 Å². The molecule has 2 aliphatic rings. The summed E-state index contributed by atoms with van der Waals surface area (Å²) in [6, 6.07) is 1.18. The van der Waals surface area contributed by atoms with Gasteiger partial charge in [-0.3, -0.25) is 4.79 Å². The highest BCUT2D eigenvalue weighted by Gasteiger charge is 2.37. The van der Waals surface area contributed by atoms with Crippen LogP contribution in [-0.4, -0.2) is 37.1 Å². The van der Waals surface area contributed by atoms with Crippen molar-refractivity contribution < 1.29 is 22.7 Å². The Bertz CT molecular complexity index is 673. The van der Waals surface area contributed by atoms with Crippen LogP contribution in [0, 0.1) is 11.8 Å². The molecule has 3 rings (SSSR count). The maximum absolute atomic E-state index is 13.0. The summed E-state index contributed by atoms with van der Waals surface area (Å²) >= 11 is 0. The number of unbranched alkanes of at least 4 members (excludes halogenated alkanes) is 1. The van der Waals surface area contributed by atoms with Crippen molar-refractivity contribution >= 4 is 12.1 Å². The molecule has 162 valence electrons. The van der Waals surface area contributed by atoms with E-state index in [4.69, 9.17) is 4.74 Å². The summed E-state index contributed by atoms with van der Waals surface area (Å²) in [5.74, 6) is 1.50. The van der Waals surface area contributed by atoms with Crippen LogP contribution in [0.2, 0.25) is 0 Å². The highest BCUT2D eigenvalue weighted by atomic mass is 19.4. The van der Waals surface area contributed by atoms with E-state index in [1.54, 1.807) is 0 Å². The molecule has 2 fully saturated rings. The molecule has 1 atom stereocenters. The highest BCUT2D eigenvalue weighted by molar-refractivity contribution is 5.83. The number of alkyl halides is 3. The molecule has 0 bridgehead atoms.